The molecular weight excluding hydrogens is 422 g/mol. The maximum absolute atomic E-state index is 12.6. The van der Waals surface area contributed by atoms with E-state index in [1.807, 2.05) is 17.0 Å². The fourth-order valence-electron chi connectivity index (χ4n) is 4.17. The van der Waals surface area contributed by atoms with Gasteiger partial charge in [-0.3, -0.25) is 4.79 Å². The summed E-state index contributed by atoms with van der Waals surface area (Å²) in [4.78, 5) is 14.6. The average molecular weight is 450 g/mol. The van der Waals surface area contributed by atoms with Crippen LogP contribution in [-0.4, -0.2) is 66.2 Å². The quantitative estimate of drug-likeness (QED) is 0.517. The van der Waals surface area contributed by atoms with Crippen LogP contribution in [0.5, 0.6) is 0 Å². The van der Waals surface area contributed by atoms with Crippen molar-refractivity contribution in [2.24, 2.45) is 0 Å². The van der Waals surface area contributed by atoms with Crippen molar-refractivity contribution in [2.45, 2.75) is 25.1 Å². The minimum atomic E-state index is -0.682. The number of fused-ring (bicyclic) bond motifs is 1. The molecule has 2 aliphatic heterocycles. The number of nitrogens with zero attached hydrogens (tertiary/aromatic N) is 3. The maximum atomic E-state index is 12.6. The van der Waals surface area contributed by atoms with Gasteiger partial charge >= 0.3 is 6.01 Å². The number of hydrogen-bond acceptors (Lipinski definition) is 8. The fraction of sp³-hybridized carbons (Fsp3) is 0.375. The molecule has 0 saturated carbocycles. The Morgan fingerprint density at radius 2 is 1.88 bits per heavy atom. The second-order valence-electron chi connectivity index (χ2n) is 8.30. The molecule has 2 aromatic carbocycles. The van der Waals surface area contributed by atoms with Crippen molar-refractivity contribution >= 4 is 11.9 Å². The number of aliphatic hydroxyl groups excluding tert-OH is 1. The number of anilines is 1. The summed E-state index contributed by atoms with van der Waals surface area (Å²) in [5.41, 5.74) is 3.73. The Balaban J connectivity index is 1.15. The van der Waals surface area contributed by atoms with Crippen LogP contribution in [0.4, 0.5) is 6.01 Å². The molecule has 0 unspecified atom stereocenters. The van der Waals surface area contributed by atoms with E-state index in [-0.39, 0.29) is 18.5 Å². The Kier molecular flexibility index (Phi) is 6.34. The number of hydrogen-bond donors (Lipinski definition) is 3. The number of benzene rings is 2. The first kappa shape index (κ1) is 21.6. The summed E-state index contributed by atoms with van der Waals surface area (Å²) in [6, 6.07) is 15.6. The molecule has 5 rings (SSSR count). The Bertz CT molecular complexity index is 1090. The molecule has 1 amide bonds. The highest BCUT2D eigenvalue weighted by Crippen LogP contribution is 2.23. The molecule has 9 heteroatoms. The van der Waals surface area contributed by atoms with Crippen LogP contribution in [0.3, 0.4) is 0 Å². The summed E-state index contributed by atoms with van der Waals surface area (Å²) in [5.74, 6) is 0.166. The molecule has 9 nitrogen and oxygen atoms in total. The van der Waals surface area contributed by atoms with Crippen molar-refractivity contribution in [2.75, 3.05) is 37.7 Å². The van der Waals surface area contributed by atoms with Gasteiger partial charge in [0.15, 0.2) is 0 Å². The molecule has 33 heavy (non-hydrogen) atoms. The summed E-state index contributed by atoms with van der Waals surface area (Å²) in [5, 5.41) is 25.0. The van der Waals surface area contributed by atoms with E-state index in [0.717, 1.165) is 31.6 Å². The SMILES string of the molecule is O=C(NC[C@@H](O)[C@@H]1Cc2ccccc2CN1)c1ccc(-c2nnc(N3CCOCC3)o2)cc1. The smallest absolute Gasteiger partial charge is 0.318 e. The van der Waals surface area contributed by atoms with E-state index >= 15 is 0 Å². The minimum Gasteiger partial charge on any atom is -0.403 e. The first-order valence-corrected chi connectivity index (χ1v) is 11.2. The molecule has 1 fully saturated rings. The number of ether oxygens (including phenoxy) is 1. The van der Waals surface area contributed by atoms with E-state index in [1.54, 1.807) is 24.3 Å². The van der Waals surface area contributed by atoms with Gasteiger partial charge in [-0.2, -0.15) is 0 Å². The number of aromatic nitrogens is 2. The van der Waals surface area contributed by atoms with Gasteiger partial charge < -0.3 is 29.8 Å². The molecule has 3 N–H and O–H groups in total. The van der Waals surface area contributed by atoms with Gasteiger partial charge in [-0.25, -0.2) is 0 Å². The third kappa shape index (κ3) is 4.90. The molecule has 3 aromatic rings. The zero-order valence-electron chi connectivity index (χ0n) is 18.2. The molecule has 0 radical (unpaired) electrons. The fourth-order valence-corrected chi connectivity index (χ4v) is 4.17. The lowest BCUT2D eigenvalue weighted by Gasteiger charge is -2.30. The molecule has 172 valence electrons. The van der Waals surface area contributed by atoms with Crippen LogP contribution >= 0.6 is 0 Å². The van der Waals surface area contributed by atoms with Crippen molar-refractivity contribution in [1.29, 1.82) is 0 Å². The lowest BCUT2D eigenvalue weighted by atomic mass is 9.93. The van der Waals surface area contributed by atoms with Crippen molar-refractivity contribution < 1.29 is 19.1 Å². The number of rotatable bonds is 6. The monoisotopic (exact) mass is 449 g/mol. The van der Waals surface area contributed by atoms with Crippen LogP contribution in [-0.2, 0) is 17.7 Å². The van der Waals surface area contributed by atoms with Crippen LogP contribution in [0.1, 0.15) is 21.5 Å². The van der Waals surface area contributed by atoms with E-state index in [0.29, 0.717) is 30.7 Å². The molecule has 0 bridgehead atoms. The van der Waals surface area contributed by atoms with Crippen molar-refractivity contribution in [3.63, 3.8) is 0 Å². The first-order valence-electron chi connectivity index (χ1n) is 11.2. The number of morpholine rings is 1. The molecule has 2 atom stereocenters. The number of carbonyl (C=O) groups excluding carboxylic acids is 1. The van der Waals surface area contributed by atoms with Crippen molar-refractivity contribution in [1.82, 2.24) is 20.8 Å². The van der Waals surface area contributed by atoms with Crippen LogP contribution in [0.25, 0.3) is 11.5 Å². The first-order chi connectivity index (χ1) is 16.2. The molecule has 3 heterocycles. The van der Waals surface area contributed by atoms with Gasteiger partial charge in [-0.05, 0) is 41.8 Å². The zero-order chi connectivity index (χ0) is 22.6. The highest BCUT2D eigenvalue weighted by atomic mass is 16.5. The van der Waals surface area contributed by atoms with Gasteiger partial charge in [0, 0.05) is 43.3 Å². The second kappa shape index (κ2) is 9.70. The van der Waals surface area contributed by atoms with Gasteiger partial charge in [-0.1, -0.05) is 29.4 Å². The Hall–Kier alpha value is -3.27. The van der Waals surface area contributed by atoms with E-state index < -0.39 is 6.10 Å². The number of nitrogens with one attached hydrogen (secondary N) is 2. The topological polar surface area (TPSA) is 113 Å². The average Bonchev–Trinajstić information content (AvgIpc) is 3.38. The van der Waals surface area contributed by atoms with Crippen LogP contribution in [0.2, 0.25) is 0 Å². The summed E-state index contributed by atoms with van der Waals surface area (Å²) < 4.78 is 11.1. The maximum Gasteiger partial charge on any atom is 0.318 e. The predicted octanol–water partition coefficient (Wildman–Crippen LogP) is 1.38. The summed E-state index contributed by atoms with van der Waals surface area (Å²) >= 11 is 0. The standard InChI is InChI=1S/C24H27N5O4/c30-21(20-13-18-3-1-2-4-19(18)14-25-20)15-26-22(31)16-5-7-17(8-6-16)23-27-28-24(33-23)29-9-11-32-12-10-29/h1-8,20-21,25,30H,9-15H2,(H,26,31)/t20-,21+/m0/s1. The van der Waals surface area contributed by atoms with Gasteiger partial charge in [0.1, 0.15) is 0 Å². The lowest BCUT2D eigenvalue weighted by Crippen LogP contribution is -2.49. The molecule has 0 spiro atoms. The van der Waals surface area contributed by atoms with Gasteiger partial charge in [-0.15, -0.1) is 5.10 Å². The van der Waals surface area contributed by atoms with Gasteiger partial charge in [0.2, 0.25) is 5.89 Å². The van der Waals surface area contributed by atoms with Gasteiger partial charge in [0.25, 0.3) is 5.91 Å². The van der Waals surface area contributed by atoms with E-state index in [2.05, 4.69) is 33.0 Å². The summed E-state index contributed by atoms with van der Waals surface area (Å²) in [7, 11) is 0. The molecule has 0 aliphatic carbocycles. The van der Waals surface area contributed by atoms with Crippen LogP contribution < -0.4 is 15.5 Å². The second-order valence-corrected chi connectivity index (χ2v) is 8.30. The minimum absolute atomic E-state index is 0.0965. The summed E-state index contributed by atoms with van der Waals surface area (Å²) in [6.07, 6.45) is 0.0528. The Morgan fingerprint density at radius 3 is 2.67 bits per heavy atom. The third-order valence-electron chi connectivity index (χ3n) is 6.14. The van der Waals surface area contributed by atoms with E-state index in [4.69, 9.17) is 9.15 Å². The highest BCUT2D eigenvalue weighted by Gasteiger charge is 2.25. The Morgan fingerprint density at radius 1 is 1.12 bits per heavy atom. The van der Waals surface area contributed by atoms with E-state index in [9.17, 15) is 9.90 Å². The molecular formula is C24H27N5O4. The Labute approximate surface area is 191 Å². The number of amides is 1. The van der Waals surface area contributed by atoms with Crippen LogP contribution in [0.15, 0.2) is 52.9 Å². The largest absolute Gasteiger partial charge is 0.403 e. The highest BCUT2D eigenvalue weighted by molar-refractivity contribution is 5.94. The van der Waals surface area contributed by atoms with Crippen molar-refractivity contribution in [3.8, 4) is 11.5 Å². The lowest BCUT2D eigenvalue weighted by molar-refractivity contribution is 0.0870. The molecule has 2 aliphatic rings. The summed E-state index contributed by atoms with van der Waals surface area (Å²) in [6.45, 7) is 3.61. The van der Waals surface area contributed by atoms with E-state index in [1.165, 1.54) is 11.1 Å². The zero-order valence-corrected chi connectivity index (χ0v) is 18.2. The predicted molar refractivity (Wildman–Crippen MR) is 122 cm³/mol. The normalized spacial score (nSPS) is 19.1. The third-order valence-corrected chi connectivity index (χ3v) is 6.14. The van der Waals surface area contributed by atoms with Crippen molar-refractivity contribution in [3.05, 3.63) is 65.2 Å². The molecule has 1 saturated heterocycles. The number of carbonyl (C=O) groups is 1. The van der Waals surface area contributed by atoms with Gasteiger partial charge in [0.05, 0.1) is 19.3 Å². The molecule has 1 aromatic heterocycles. The van der Waals surface area contributed by atoms with Crippen LogP contribution in [0, 0.1) is 0 Å². The number of aliphatic hydroxyl groups is 1.